The number of nitrogens with one attached hydrogen (secondary N) is 7. The number of likely N-dealkylation sites (N-methyl/N-ethyl adjacent to an activating group) is 2. The van der Waals surface area contributed by atoms with Gasteiger partial charge >= 0.3 is 12.1 Å². The van der Waals surface area contributed by atoms with Crippen LogP contribution < -0.4 is 37.2 Å². The number of aliphatic carboxylic acids is 1. The van der Waals surface area contributed by atoms with Crippen LogP contribution in [0.4, 0.5) is 10.5 Å². The van der Waals surface area contributed by atoms with E-state index in [-0.39, 0.29) is 156 Å². The Kier molecular flexibility index (Phi) is 49.5. The number of methoxy groups -OCH3 is 1. The molecule has 0 saturated heterocycles. The summed E-state index contributed by atoms with van der Waals surface area (Å²) in [7, 11) is 6.95. The molecule has 1 aromatic heterocycles. The molecule has 3 rings (SSSR count). The lowest BCUT2D eigenvalue weighted by Gasteiger charge is -2.37. The minimum absolute atomic E-state index is 0.0123. The van der Waals surface area contributed by atoms with Crippen molar-refractivity contribution in [1.82, 2.24) is 51.6 Å². The molecule has 0 unspecified atom stereocenters. The highest BCUT2D eigenvalue weighted by atomic mass is 32.1. The minimum Gasteiger partial charge on any atom is -0.506 e. The van der Waals surface area contributed by atoms with Gasteiger partial charge in [0.1, 0.15) is 47.9 Å². The molecule has 0 radical (unpaired) electrons. The molecule has 111 heavy (non-hydrogen) atoms. The summed E-state index contributed by atoms with van der Waals surface area (Å²) < 4.78 is 55.3. The number of benzene rings is 1. The number of carbonyl (C=O) groups is 11. The molecule has 35 heteroatoms. The number of anilines is 1. The number of thiazole rings is 1. The largest absolute Gasteiger partial charge is 0.506 e. The number of hydrogen-bond acceptors (Lipinski definition) is 25. The van der Waals surface area contributed by atoms with Crippen LogP contribution in [0.1, 0.15) is 147 Å². The number of imide groups is 1. The number of aromatic nitrogens is 1. The van der Waals surface area contributed by atoms with Crippen molar-refractivity contribution >= 4 is 82.3 Å². The van der Waals surface area contributed by atoms with E-state index in [0.717, 1.165) is 17.7 Å². The second kappa shape index (κ2) is 56.4. The van der Waals surface area contributed by atoms with Crippen molar-refractivity contribution in [2.24, 2.45) is 23.7 Å². The normalized spacial score (nSPS) is 14.3. The van der Waals surface area contributed by atoms with E-state index in [1.807, 2.05) is 67.5 Å². The number of carboxylic acids is 1. The molecule has 0 aliphatic carbocycles. The van der Waals surface area contributed by atoms with Gasteiger partial charge in [0.05, 0.1) is 123 Å². The lowest BCUT2D eigenvalue weighted by molar-refractivity contribution is -0.142. The number of unbranched alkanes of at least 4 members (excludes halogenated alkanes) is 2. The summed E-state index contributed by atoms with van der Waals surface area (Å²) in [4.78, 5) is 150. The first kappa shape index (κ1) is 97.4. The Balaban J connectivity index is 1.23. The maximum atomic E-state index is 14.3. The predicted octanol–water partition coefficient (Wildman–Crippen LogP) is 4.17. The Morgan fingerprint density at radius 1 is 0.631 bits per heavy atom. The molecule has 1 aliphatic rings. The van der Waals surface area contributed by atoms with Crippen LogP contribution in [0.2, 0.25) is 0 Å². The molecule has 1 aromatic carbocycles. The van der Waals surface area contributed by atoms with E-state index < -0.39 is 77.8 Å². The summed E-state index contributed by atoms with van der Waals surface area (Å²) in [5.41, 5.74) is 0.676. The van der Waals surface area contributed by atoms with Crippen LogP contribution in [0.15, 0.2) is 35.7 Å². The third kappa shape index (κ3) is 40.0. The number of phenols is 1. The van der Waals surface area contributed by atoms with E-state index in [2.05, 4.69) is 42.2 Å². The first-order chi connectivity index (χ1) is 53.1. The van der Waals surface area contributed by atoms with Crippen molar-refractivity contribution in [3.63, 3.8) is 0 Å². The molecule has 9 N–H and O–H groups in total. The fourth-order valence-corrected chi connectivity index (χ4v) is 12.5. The molecule has 628 valence electrons. The molecule has 1 aliphatic heterocycles. The van der Waals surface area contributed by atoms with Crippen LogP contribution in [0.3, 0.4) is 0 Å². The Morgan fingerprint density at radius 2 is 1.19 bits per heavy atom. The monoisotopic (exact) mass is 1590 g/mol. The van der Waals surface area contributed by atoms with Crippen molar-refractivity contribution in [3.8, 4) is 5.75 Å². The number of phenolic OH excluding ortho intramolecular Hbond substituents is 1. The first-order valence-corrected chi connectivity index (χ1v) is 39.3. The number of carbonyl (C=O) groups excluding carboxylic acids is 10. The highest BCUT2D eigenvalue weighted by molar-refractivity contribution is 7.09. The summed E-state index contributed by atoms with van der Waals surface area (Å²) in [6, 6.07) is 1.27. The number of hydrogen-bond donors (Lipinski definition) is 9. The molecular formula is C76H125N11O23S. The minimum atomic E-state index is -1.06. The van der Waals surface area contributed by atoms with Crippen LogP contribution in [-0.2, 0) is 96.9 Å². The molecule has 10 amide bonds. The van der Waals surface area contributed by atoms with Crippen LogP contribution in [0, 0.1) is 23.7 Å². The summed E-state index contributed by atoms with van der Waals surface area (Å²) in [5, 5.41) is 41.9. The SMILES string of the molecule is CCCCNC(=O)CNC(=O)[C@H](CCCCNC(=O)COCCOCCOCCOCCOCCOCCOCCOCCOC(=O)Nc1cc(C[C@@H](C[C@H](C)C(=O)O)NC(=O)c2csc([C@@H](C[C@H](C(C)C)N(C)C(=O)[C@@H](NC(=O)[C@H](C(C)C)N(C)C)[C@@H](C)CC)OC)n2)ccc1O)NC(=O)CCCN1C(=O)C=CC1=O. The number of amides is 10. The number of rotatable bonds is 63. The summed E-state index contributed by atoms with van der Waals surface area (Å²) in [6.07, 6.45) is 5.07. The third-order valence-corrected chi connectivity index (χ3v) is 18.9. The van der Waals surface area contributed by atoms with Gasteiger partial charge < -0.3 is 94.4 Å². The van der Waals surface area contributed by atoms with E-state index in [4.69, 9.17) is 47.4 Å². The molecule has 0 fully saturated rings. The van der Waals surface area contributed by atoms with Gasteiger partial charge in [0, 0.05) is 76.2 Å². The van der Waals surface area contributed by atoms with Gasteiger partial charge in [0.25, 0.3) is 17.7 Å². The highest BCUT2D eigenvalue weighted by Gasteiger charge is 2.37. The average molecular weight is 1590 g/mol. The van der Waals surface area contributed by atoms with Gasteiger partial charge in [0.15, 0.2) is 0 Å². The Labute approximate surface area is 657 Å². The van der Waals surface area contributed by atoms with Crippen LogP contribution >= 0.6 is 11.3 Å². The molecule has 0 saturated carbocycles. The van der Waals surface area contributed by atoms with Gasteiger partial charge in [-0.05, 0) is 94.5 Å². The fraction of sp³-hybridized carbons (Fsp3) is 0.711. The van der Waals surface area contributed by atoms with Crippen molar-refractivity contribution < 1.29 is 110 Å². The lowest BCUT2D eigenvalue weighted by Crippen LogP contribution is -2.58. The van der Waals surface area contributed by atoms with E-state index in [0.29, 0.717) is 115 Å². The van der Waals surface area contributed by atoms with Gasteiger partial charge in [0.2, 0.25) is 35.4 Å². The number of ether oxygens (including phenoxy) is 10. The highest BCUT2D eigenvalue weighted by Crippen LogP contribution is 2.31. The standard InChI is InChI=1S/C76H125N11O23S/c1-13-15-25-77-64(90)48-79-70(94)57(81-63(89)20-18-27-87-66(92)23-24-67(87)93)19-16-17-26-78-65(91)49-109-41-40-107-37-36-105-33-32-103-29-28-102-30-31-104-34-35-106-38-39-108-42-43-110-76(100)83-58-46-55(21-22-61(58)88)45-56(44-54(8)75(98)99)80-71(95)59-50-111-73(82-59)62(101-12)47-60(51(3)4)86(11)74(97)68(53(7)14-2)84-72(96)69(52(5)6)85(9)10/h21-24,46,50-54,56-57,60,62,68-69,88H,13-20,25-45,47-49H2,1-12H3,(H,77,90)(H,78,91)(H,79,94)(H,80,95)(H,81,89)(H,83,100)(H,84,96)(H,98,99)/t53-,54-,56+,57-,60+,62+,68-,69-/m0/s1. The zero-order valence-electron chi connectivity index (χ0n) is 67.0. The summed E-state index contributed by atoms with van der Waals surface area (Å²) in [6.45, 7) is 20.2. The van der Waals surface area contributed by atoms with Crippen molar-refractivity contribution in [2.75, 3.05) is 172 Å². The zero-order chi connectivity index (χ0) is 82.0. The van der Waals surface area contributed by atoms with Gasteiger partial charge in [-0.3, -0.25) is 63.1 Å². The Hall–Kier alpha value is -7.84. The maximum absolute atomic E-state index is 14.3. The van der Waals surface area contributed by atoms with Crippen LogP contribution in [0.5, 0.6) is 5.75 Å². The van der Waals surface area contributed by atoms with Crippen molar-refractivity contribution in [1.29, 1.82) is 0 Å². The Bertz CT molecular complexity index is 3140. The van der Waals surface area contributed by atoms with Crippen LogP contribution in [-0.4, -0.2) is 292 Å². The topological polar surface area (TPSA) is 427 Å². The smallest absolute Gasteiger partial charge is 0.411 e. The molecule has 2 aromatic rings. The van der Waals surface area contributed by atoms with E-state index >= 15 is 0 Å². The predicted molar refractivity (Wildman–Crippen MR) is 412 cm³/mol. The molecular weight excluding hydrogens is 1470 g/mol. The van der Waals surface area contributed by atoms with E-state index in [9.17, 15) is 63.0 Å². The van der Waals surface area contributed by atoms with E-state index in [1.54, 1.807) is 23.4 Å². The van der Waals surface area contributed by atoms with Gasteiger partial charge in [-0.25, -0.2) is 9.78 Å². The third-order valence-electron chi connectivity index (χ3n) is 17.9. The second-order valence-corrected chi connectivity index (χ2v) is 28.7. The number of aromatic hydroxyl groups is 1. The molecule has 34 nitrogen and oxygen atoms in total. The maximum Gasteiger partial charge on any atom is 0.411 e. The van der Waals surface area contributed by atoms with Gasteiger partial charge in [-0.15, -0.1) is 11.3 Å². The van der Waals surface area contributed by atoms with Crippen molar-refractivity contribution in [3.05, 3.63) is 52.0 Å². The first-order valence-electron chi connectivity index (χ1n) is 38.4. The zero-order valence-corrected chi connectivity index (χ0v) is 67.8. The number of nitrogens with zero attached hydrogens (tertiary/aromatic N) is 4. The summed E-state index contributed by atoms with van der Waals surface area (Å²) >= 11 is 1.22. The van der Waals surface area contributed by atoms with Gasteiger partial charge in [-0.2, -0.15) is 0 Å². The second-order valence-electron chi connectivity index (χ2n) is 27.8. The van der Waals surface area contributed by atoms with Gasteiger partial charge in [-0.1, -0.05) is 74.3 Å². The average Bonchev–Trinajstić information content (AvgIpc) is 1.79. The quantitative estimate of drug-likeness (QED) is 0.0255. The summed E-state index contributed by atoms with van der Waals surface area (Å²) in [5.74, 6) is -5.88. The lowest BCUT2D eigenvalue weighted by atomic mass is 9.92. The van der Waals surface area contributed by atoms with Crippen LogP contribution in [0.25, 0.3) is 0 Å². The fourth-order valence-electron chi connectivity index (χ4n) is 11.6. The molecule has 0 spiro atoms. The van der Waals surface area contributed by atoms with E-state index in [1.165, 1.54) is 49.7 Å². The Morgan fingerprint density at radius 3 is 1.72 bits per heavy atom. The number of carboxylic acid groups (broad SMARTS) is 1. The molecule has 8 atom stereocenters. The molecule has 2 heterocycles. The van der Waals surface area contributed by atoms with Crippen molar-refractivity contribution in [2.45, 2.75) is 162 Å². The molecule has 0 bridgehead atoms.